The van der Waals surface area contributed by atoms with Crippen molar-refractivity contribution in [1.29, 1.82) is 0 Å². The summed E-state index contributed by atoms with van der Waals surface area (Å²) in [7, 11) is -1.10. The summed E-state index contributed by atoms with van der Waals surface area (Å²) in [6.45, 7) is 9.58. The largest absolute Gasteiger partial charge is 0.310 e. The van der Waals surface area contributed by atoms with Crippen molar-refractivity contribution in [2.45, 2.75) is 64.0 Å². The quantitative estimate of drug-likeness (QED) is 0.144. The van der Waals surface area contributed by atoms with Crippen LogP contribution in [0.2, 0.25) is 0 Å². The Bertz CT molecular complexity index is 7290. The molecule has 0 saturated carbocycles. The lowest BCUT2D eigenvalue weighted by molar-refractivity contribution is 0.662. The van der Waals surface area contributed by atoms with Crippen molar-refractivity contribution in [3.8, 4) is 100 Å². The summed E-state index contributed by atoms with van der Waals surface area (Å²) >= 11 is 0. The first kappa shape index (κ1) is 66.6. The summed E-state index contributed by atoms with van der Waals surface area (Å²) in [4.78, 5) is 9.18. The van der Waals surface area contributed by atoms with Gasteiger partial charge in [-0.2, -0.15) is 10.9 Å². The molecule has 117 heavy (non-hydrogen) atoms. The van der Waals surface area contributed by atoms with Crippen LogP contribution in [0.25, 0.3) is 111 Å². The van der Waals surface area contributed by atoms with Crippen molar-refractivity contribution in [1.82, 2.24) is 0 Å². The minimum atomic E-state index is -1.10. The number of hydrogen-bond acceptors (Lipinski definition) is 2. The van der Waals surface area contributed by atoms with Gasteiger partial charge in [0.15, 0.2) is 0 Å². The van der Waals surface area contributed by atoms with Crippen LogP contribution in [-0.4, -0.2) is 0 Å². The van der Waals surface area contributed by atoms with Crippen molar-refractivity contribution >= 4 is 55.8 Å². The highest BCUT2D eigenvalue weighted by atomic mass is 32.2. The van der Waals surface area contributed by atoms with Crippen molar-refractivity contribution in [2.24, 2.45) is 0 Å². The van der Waals surface area contributed by atoms with Gasteiger partial charge in [-0.3, -0.25) is 0 Å². The summed E-state index contributed by atoms with van der Waals surface area (Å²) < 4.78 is 0. The molecule has 2 atom stereocenters. The average molecular weight is 1510 g/mol. The van der Waals surface area contributed by atoms with E-state index in [-0.39, 0.29) is 10.8 Å². The minimum Gasteiger partial charge on any atom is -0.310 e. The summed E-state index contributed by atoms with van der Waals surface area (Å²) in [6.07, 6.45) is 0. The van der Waals surface area contributed by atoms with Crippen molar-refractivity contribution in [3.05, 3.63) is 461 Å². The molecular weight excluding hydrogens is 1430 g/mol. The van der Waals surface area contributed by atoms with Crippen molar-refractivity contribution < 1.29 is 0 Å². The molecule has 18 aromatic carbocycles. The Morgan fingerprint density at radius 2 is 0.547 bits per heavy atom. The van der Waals surface area contributed by atoms with Crippen LogP contribution in [0.5, 0.6) is 0 Å². The van der Waals surface area contributed by atoms with E-state index in [4.69, 9.17) is 0 Å². The zero-order valence-electron chi connectivity index (χ0n) is 65.4. The second kappa shape index (κ2) is 24.4. The van der Waals surface area contributed by atoms with Gasteiger partial charge in [0.1, 0.15) is 0 Å². The van der Waals surface area contributed by atoms with Crippen molar-refractivity contribution in [3.63, 3.8) is 0 Å². The second-order valence-electron chi connectivity index (χ2n) is 34.0. The van der Waals surface area contributed by atoms with E-state index < -0.39 is 21.7 Å². The van der Waals surface area contributed by atoms with Gasteiger partial charge in [-0.25, -0.2) is 0 Å². The molecule has 0 fully saturated rings. The third kappa shape index (κ3) is 8.91. The van der Waals surface area contributed by atoms with E-state index in [1.165, 1.54) is 192 Å². The summed E-state index contributed by atoms with van der Waals surface area (Å²) in [5.74, 6) is 0. The van der Waals surface area contributed by atoms with Crippen LogP contribution in [0, 0.1) is 0 Å². The van der Waals surface area contributed by atoms with E-state index in [9.17, 15) is 0 Å². The highest BCUT2D eigenvalue weighted by Gasteiger charge is 2.54. The molecule has 7 aliphatic rings. The molecule has 3 heteroatoms. The van der Waals surface area contributed by atoms with E-state index in [0.29, 0.717) is 0 Å². The van der Waals surface area contributed by atoms with E-state index in [2.05, 4.69) is 432 Å². The third-order valence-electron chi connectivity index (χ3n) is 27.8. The Kier molecular flexibility index (Phi) is 13.9. The zero-order chi connectivity index (χ0) is 77.4. The van der Waals surface area contributed by atoms with Gasteiger partial charge < -0.3 is 9.80 Å². The first-order valence-electron chi connectivity index (χ1n) is 41.3. The van der Waals surface area contributed by atoms with E-state index >= 15 is 0 Å². The van der Waals surface area contributed by atoms with Crippen LogP contribution in [0.15, 0.2) is 409 Å². The maximum atomic E-state index is 2.62. The minimum absolute atomic E-state index is 0.148. The molecule has 0 aromatic heterocycles. The van der Waals surface area contributed by atoms with E-state index in [1.54, 1.807) is 0 Å². The fourth-order valence-corrected chi connectivity index (χ4v) is 25.7. The number of anilines is 6. The highest BCUT2D eigenvalue weighted by Crippen LogP contribution is 2.70. The number of hydrogen-bond donors (Lipinski definition) is 1. The van der Waals surface area contributed by atoms with Crippen LogP contribution in [0.4, 0.5) is 34.1 Å². The molecule has 0 saturated heterocycles. The smallest absolute Gasteiger partial charge is 0.0726 e. The number of benzene rings is 18. The van der Waals surface area contributed by atoms with Crippen molar-refractivity contribution in [2.75, 3.05) is 9.80 Å². The first-order chi connectivity index (χ1) is 57.6. The molecule has 6 aliphatic carbocycles. The normalized spacial score (nSPS) is 16.5. The molecule has 0 bridgehead atoms. The molecule has 0 amide bonds. The van der Waals surface area contributed by atoms with Gasteiger partial charge in [-0.15, -0.1) is 0 Å². The lowest BCUT2D eigenvalue weighted by atomic mass is 9.70. The fraction of sp³-hybridized carbons (Fsp3) is 0.0702. The van der Waals surface area contributed by atoms with Gasteiger partial charge in [-0.05, 0) is 268 Å². The Morgan fingerprint density at radius 1 is 0.205 bits per heavy atom. The second-order valence-corrected chi connectivity index (χ2v) is 36.2. The molecular formula is C114H78N2S. The lowest BCUT2D eigenvalue weighted by Gasteiger charge is -2.33. The predicted molar refractivity (Wildman–Crippen MR) is 488 cm³/mol. The molecule has 25 rings (SSSR count). The van der Waals surface area contributed by atoms with E-state index in [1.807, 2.05) is 0 Å². The number of thiol groups is 1. The van der Waals surface area contributed by atoms with Gasteiger partial charge in [0.05, 0.1) is 16.5 Å². The van der Waals surface area contributed by atoms with E-state index in [0.717, 1.165) is 34.1 Å². The lowest BCUT2D eigenvalue weighted by Crippen LogP contribution is -2.26. The monoisotopic (exact) mass is 1510 g/mol. The fourth-order valence-electron chi connectivity index (χ4n) is 23.0. The Morgan fingerprint density at radius 3 is 1.05 bits per heavy atom. The number of nitrogens with zero attached hydrogens (tertiary/aromatic N) is 2. The zero-order valence-corrected chi connectivity index (χ0v) is 66.3. The van der Waals surface area contributed by atoms with Gasteiger partial charge in [0.25, 0.3) is 0 Å². The summed E-state index contributed by atoms with van der Waals surface area (Å²) in [5.41, 5.74) is 44.6. The maximum Gasteiger partial charge on any atom is 0.0726 e. The third-order valence-corrected chi connectivity index (χ3v) is 30.3. The molecule has 18 aromatic rings. The molecule has 550 valence electrons. The first-order valence-corrected chi connectivity index (χ1v) is 42.6. The summed E-state index contributed by atoms with van der Waals surface area (Å²) in [6, 6.07) is 152. The van der Waals surface area contributed by atoms with Crippen LogP contribution in [0.3, 0.4) is 0 Å². The Hall–Kier alpha value is -13.8. The molecule has 2 nitrogen and oxygen atoms in total. The van der Waals surface area contributed by atoms with Crippen LogP contribution in [0.1, 0.15) is 94.5 Å². The highest BCUT2D eigenvalue weighted by molar-refractivity contribution is 8.17. The predicted octanol–water partition coefficient (Wildman–Crippen LogP) is 29.9. The Balaban J connectivity index is 0.650. The molecule has 1 heterocycles. The molecule has 1 aliphatic heterocycles. The maximum absolute atomic E-state index is 2.62. The summed E-state index contributed by atoms with van der Waals surface area (Å²) in [5, 5.41) is 2.42. The molecule has 0 radical (unpaired) electrons. The topological polar surface area (TPSA) is 6.48 Å². The Labute approximate surface area is 686 Å². The molecule has 0 N–H and O–H groups in total. The number of fused-ring (bicyclic) bond motifs is 30. The van der Waals surface area contributed by atoms with Crippen LogP contribution in [-0.2, 0) is 21.7 Å². The average Bonchev–Trinajstić information content (AvgIpc) is 1.51. The standard InChI is InChI=1S/C114H78N2S/c1-111(2)95-40-15-7-32-86(95)91-38-23-36-80(109(91)111)71-51-55-74(56-52-71)115(76-59-50-70-26-5-6-27-73(70)66-76)77-60-63-89-85-31-12-20-45-100(85)114(103(89)67-77)101-46-21-13-34-88(101)94-69-79(62-65-102(94)114)117-106-48-22-14-35-93(106)108-105(47-25-49-107(108)117)116(75-57-53-72(54-58-75)81-37-24-39-92-87-33-8-16-41-96(87)112(3,4)110(81)92)78-61-64-90-84-30-11-19-44-99(84)113(104(90)68-78)97-42-17-9-28-82(97)83-29-10-18-43-98(83)113/h5-69,117H,1-4H3. The molecule has 2 unspecified atom stereocenters. The van der Waals surface area contributed by atoms with Crippen LogP contribution < -0.4 is 9.80 Å². The van der Waals surface area contributed by atoms with Gasteiger partial charge in [0, 0.05) is 54.6 Å². The van der Waals surface area contributed by atoms with Gasteiger partial charge in [-0.1, -0.05) is 331 Å². The number of rotatable bonds is 9. The van der Waals surface area contributed by atoms with Crippen LogP contribution >= 0.6 is 10.9 Å². The SMILES string of the molecule is CC1(C)c2ccccc2-c2cccc(-c3ccc(N(c4ccc5c(c4)C4(c6ccccc6-c6cc([SH]7c8ccccc8-c8c(N(c9ccc(-c%10cccc%11c%10C(C)(C)c%10ccccc%10-%11)cc9)c9ccc%10c(c9)C9(c%11ccccc%11-c%11ccccc%119)c9ccccc9-%10)cccc87)ccc64)c4ccccc4-5)c4ccc5ccccc5c4)cc3)c21. The van der Waals surface area contributed by atoms with Gasteiger partial charge in [0.2, 0.25) is 0 Å². The molecule has 2 spiro atoms. The van der Waals surface area contributed by atoms with Gasteiger partial charge >= 0.3 is 0 Å².